The van der Waals surface area contributed by atoms with Crippen molar-refractivity contribution in [3.63, 3.8) is 0 Å². The minimum atomic E-state index is -1.94. The van der Waals surface area contributed by atoms with Crippen LogP contribution in [-0.2, 0) is 25.6 Å². The predicted octanol–water partition coefficient (Wildman–Crippen LogP) is -4.19. The molecule has 2 saturated heterocycles. The van der Waals surface area contributed by atoms with Crippen LogP contribution >= 0.6 is 0 Å². The van der Waals surface area contributed by atoms with E-state index in [0.29, 0.717) is 32.4 Å². The van der Waals surface area contributed by atoms with Crippen molar-refractivity contribution in [1.82, 2.24) is 37.2 Å². The Morgan fingerprint density at radius 2 is 1.70 bits per heavy atom. The zero-order valence-electron chi connectivity index (χ0n) is 23.9. The van der Waals surface area contributed by atoms with Crippen molar-refractivity contribution in [2.75, 3.05) is 26.2 Å². The van der Waals surface area contributed by atoms with Crippen LogP contribution in [-0.4, -0.2) is 107 Å². The first-order chi connectivity index (χ1) is 20.5. The average molecular weight is 606 g/mol. The van der Waals surface area contributed by atoms with Crippen LogP contribution in [0.1, 0.15) is 37.7 Å². The van der Waals surface area contributed by atoms with Gasteiger partial charge in [-0.1, -0.05) is 30.3 Å². The summed E-state index contributed by atoms with van der Waals surface area (Å²) in [5.41, 5.74) is 4.85. The number of nitrogens with one attached hydrogen (secondary N) is 8. The maximum atomic E-state index is 13.8. The normalized spacial score (nSPS) is 25.5. The molecule has 0 saturated carbocycles. The first-order valence-corrected chi connectivity index (χ1v) is 14.3. The smallest absolute Gasteiger partial charge is 0.243 e. The zero-order valence-corrected chi connectivity index (χ0v) is 23.9. The fourth-order valence-electron chi connectivity index (χ4n) is 5.15. The predicted molar refractivity (Wildman–Crippen MR) is 155 cm³/mol. The van der Waals surface area contributed by atoms with E-state index in [1.54, 1.807) is 30.3 Å². The van der Waals surface area contributed by atoms with Gasteiger partial charge in [0.25, 0.3) is 0 Å². The number of carbonyl (C=O) groups excluding carboxylic acids is 4. The van der Waals surface area contributed by atoms with E-state index in [9.17, 15) is 34.5 Å². The standard InChI is InChI=1S/C27H43N9O7/c28-26(29)31-10-4-7-17-22(40)32-15-20(37)33-19(14-21(38)39)23(41)34-18(13-16-5-2-1-3-6-16)24(42)36-27(25(43)35-17)8-11-30-12-9-27/h1-3,5-6,17-19,21,25,30,35,38-39,43H,4,7-15H2,(H,32,40)(H,33,37)(H,34,41)(H,36,42)(H4,28,29,31)/t17-,18+,19-,25?/m0/s1. The molecule has 2 heterocycles. The first kappa shape index (κ1) is 33.7. The van der Waals surface area contributed by atoms with Crippen molar-refractivity contribution in [1.29, 1.82) is 5.41 Å². The van der Waals surface area contributed by atoms with Gasteiger partial charge in [0, 0.05) is 19.4 Å². The van der Waals surface area contributed by atoms with Gasteiger partial charge >= 0.3 is 0 Å². The molecule has 3 rings (SSSR count). The highest BCUT2D eigenvalue weighted by atomic mass is 16.5. The van der Waals surface area contributed by atoms with Crippen molar-refractivity contribution in [2.24, 2.45) is 5.73 Å². The molecule has 1 unspecified atom stereocenters. The number of hydrogen-bond donors (Lipinski definition) is 12. The van der Waals surface area contributed by atoms with Crippen LogP contribution in [0.4, 0.5) is 0 Å². The Morgan fingerprint density at radius 3 is 2.35 bits per heavy atom. The van der Waals surface area contributed by atoms with Crippen molar-refractivity contribution in [2.45, 2.75) is 74.7 Å². The Bertz CT molecular complexity index is 1120. The summed E-state index contributed by atoms with van der Waals surface area (Å²) in [4.78, 5) is 53.0. The summed E-state index contributed by atoms with van der Waals surface area (Å²) in [5.74, 6) is -3.06. The van der Waals surface area contributed by atoms with Crippen LogP contribution in [0.2, 0.25) is 0 Å². The molecule has 1 spiro atoms. The van der Waals surface area contributed by atoms with E-state index in [-0.39, 0.29) is 25.3 Å². The van der Waals surface area contributed by atoms with Gasteiger partial charge in [-0.25, -0.2) is 0 Å². The SMILES string of the molecule is N=C(N)NCCC[C@@H]1NC(O)C2(CCNCC2)NC(=O)[C@@H](Cc2ccccc2)NC(=O)[C@H](CC(O)O)NC(=O)CNC1=O. The van der Waals surface area contributed by atoms with Gasteiger partial charge in [0.05, 0.1) is 18.1 Å². The number of hydrogen-bond acceptors (Lipinski definition) is 10. The second kappa shape index (κ2) is 16.1. The lowest BCUT2D eigenvalue weighted by Gasteiger charge is -2.44. The minimum absolute atomic E-state index is 0.0738. The van der Waals surface area contributed by atoms with Gasteiger partial charge < -0.3 is 53.0 Å². The zero-order chi connectivity index (χ0) is 31.4. The van der Waals surface area contributed by atoms with Gasteiger partial charge in [-0.05, 0) is 44.3 Å². The molecule has 238 valence electrons. The number of nitrogens with two attached hydrogens (primary N) is 1. The van der Waals surface area contributed by atoms with Crippen molar-refractivity contribution < 1.29 is 34.5 Å². The Hall–Kier alpha value is -3.83. The number of carbonyl (C=O) groups is 4. The lowest BCUT2D eigenvalue weighted by molar-refractivity contribution is -0.135. The molecule has 0 bridgehead atoms. The Balaban J connectivity index is 1.96. The molecule has 0 aromatic heterocycles. The molecular formula is C27H43N9O7. The van der Waals surface area contributed by atoms with E-state index in [1.165, 1.54) is 0 Å². The lowest BCUT2D eigenvalue weighted by atomic mass is 9.85. The third-order valence-corrected chi connectivity index (χ3v) is 7.49. The molecule has 4 atom stereocenters. The van der Waals surface area contributed by atoms with Gasteiger partial charge in [0.1, 0.15) is 18.3 Å². The van der Waals surface area contributed by atoms with Crippen LogP contribution in [0.5, 0.6) is 0 Å². The van der Waals surface area contributed by atoms with Crippen LogP contribution in [0.3, 0.4) is 0 Å². The molecule has 43 heavy (non-hydrogen) atoms. The molecule has 13 N–H and O–H groups in total. The molecule has 2 aliphatic rings. The van der Waals surface area contributed by atoms with Crippen molar-refractivity contribution in [3.05, 3.63) is 35.9 Å². The second-order valence-corrected chi connectivity index (χ2v) is 10.8. The van der Waals surface area contributed by atoms with Crippen LogP contribution < -0.4 is 43.0 Å². The molecular weight excluding hydrogens is 562 g/mol. The van der Waals surface area contributed by atoms with Crippen molar-refractivity contribution >= 4 is 29.6 Å². The summed E-state index contributed by atoms with van der Waals surface area (Å²) < 4.78 is 0. The number of benzene rings is 1. The topological polar surface area (TPSA) is 263 Å². The molecule has 1 aromatic carbocycles. The second-order valence-electron chi connectivity index (χ2n) is 10.8. The van der Waals surface area contributed by atoms with Crippen LogP contribution in [0.25, 0.3) is 0 Å². The summed E-state index contributed by atoms with van der Waals surface area (Å²) in [6.45, 7) is 0.666. The van der Waals surface area contributed by atoms with Crippen LogP contribution in [0.15, 0.2) is 30.3 Å². The number of aliphatic hydroxyl groups excluding tert-OH is 2. The largest absolute Gasteiger partial charge is 0.376 e. The Labute approximate surface area is 249 Å². The monoisotopic (exact) mass is 605 g/mol. The molecule has 2 aliphatic heterocycles. The van der Waals surface area contributed by atoms with E-state index in [4.69, 9.17) is 11.1 Å². The number of rotatable bonds is 8. The van der Waals surface area contributed by atoms with Gasteiger partial charge in [-0.2, -0.15) is 0 Å². The Morgan fingerprint density at radius 1 is 1.00 bits per heavy atom. The van der Waals surface area contributed by atoms with Crippen LogP contribution in [0, 0.1) is 5.41 Å². The third kappa shape index (κ3) is 10.4. The van der Waals surface area contributed by atoms with Gasteiger partial charge in [0.2, 0.25) is 23.6 Å². The molecule has 0 aliphatic carbocycles. The van der Waals surface area contributed by atoms with Gasteiger partial charge in [-0.3, -0.25) is 29.9 Å². The number of aliphatic hydroxyl groups is 3. The molecule has 4 amide bonds. The van der Waals surface area contributed by atoms with Gasteiger partial charge in [-0.15, -0.1) is 0 Å². The number of guanidine groups is 1. The quantitative estimate of drug-likeness (QED) is 0.0585. The highest BCUT2D eigenvalue weighted by Crippen LogP contribution is 2.23. The fraction of sp³-hybridized carbons (Fsp3) is 0.593. The molecule has 2 fully saturated rings. The van der Waals surface area contributed by atoms with E-state index < -0.39 is 72.8 Å². The van der Waals surface area contributed by atoms with E-state index in [0.717, 1.165) is 5.56 Å². The van der Waals surface area contributed by atoms with E-state index >= 15 is 0 Å². The summed E-state index contributed by atoms with van der Waals surface area (Å²) in [6.07, 6.45) is -2.66. The first-order valence-electron chi connectivity index (χ1n) is 14.3. The summed E-state index contributed by atoms with van der Waals surface area (Å²) in [7, 11) is 0. The average Bonchev–Trinajstić information content (AvgIpc) is 2.96. The van der Waals surface area contributed by atoms with E-state index in [1.807, 2.05) is 0 Å². The Kier molecular flexibility index (Phi) is 12.6. The highest BCUT2D eigenvalue weighted by molar-refractivity contribution is 5.94. The number of amides is 4. The minimum Gasteiger partial charge on any atom is -0.376 e. The summed E-state index contributed by atoms with van der Waals surface area (Å²) >= 11 is 0. The molecule has 1 aromatic rings. The lowest BCUT2D eigenvalue weighted by Crippen LogP contribution is -2.69. The third-order valence-electron chi connectivity index (χ3n) is 7.49. The number of piperidine rings is 1. The molecule has 0 radical (unpaired) electrons. The maximum Gasteiger partial charge on any atom is 0.243 e. The van der Waals surface area contributed by atoms with Crippen molar-refractivity contribution in [3.8, 4) is 0 Å². The van der Waals surface area contributed by atoms with Gasteiger partial charge in [0.15, 0.2) is 12.2 Å². The molecule has 16 heteroatoms. The van der Waals surface area contributed by atoms with E-state index in [2.05, 4.69) is 37.2 Å². The maximum absolute atomic E-state index is 13.8. The fourth-order valence-corrected chi connectivity index (χ4v) is 5.15. The summed E-state index contributed by atoms with van der Waals surface area (Å²) in [6, 6.07) is 5.36. The highest BCUT2D eigenvalue weighted by Gasteiger charge is 2.43. The summed E-state index contributed by atoms with van der Waals surface area (Å²) in [5, 5.41) is 57.2. The molecule has 16 nitrogen and oxygen atoms in total.